The zero-order valence-electron chi connectivity index (χ0n) is 15.0. The van der Waals surface area contributed by atoms with E-state index < -0.39 is 5.91 Å². The molecule has 4 bridgehead atoms. The molecule has 1 aromatic carbocycles. The predicted molar refractivity (Wildman–Crippen MR) is 98.8 cm³/mol. The second kappa shape index (κ2) is 6.76. The summed E-state index contributed by atoms with van der Waals surface area (Å²) in [6.45, 7) is 0. The molecular formula is C20H25ClN2O3. The number of benzene rings is 1. The Kier molecular flexibility index (Phi) is 4.59. The summed E-state index contributed by atoms with van der Waals surface area (Å²) >= 11 is 5.96. The molecule has 140 valence electrons. The Bertz CT molecular complexity index is 698. The number of nitrogens with one attached hydrogen (secondary N) is 2. The average Bonchev–Trinajstić information content (AvgIpc) is 2.58. The molecule has 0 aromatic heterocycles. The molecule has 1 aromatic rings. The number of methoxy groups -OCH3 is 1. The number of rotatable bonds is 4. The molecule has 5 rings (SSSR count). The van der Waals surface area contributed by atoms with Crippen LogP contribution in [-0.2, 0) is 4.79 Å². The normalized spacial score (nSPS) is 31.5. The molecule has 5 nitrogen and oxygen atoms in total. The SMILES string of the molecule is COc1ccc(Cl)cc1C(=O)NNC(=O)CC12CC3CC(CC(C3)C1)C2. The highest BCUT2D eigenvalue weighted by Gasteiger charge is 2.51. The molecule has 2 amide bonds. The maximum absolute atomic E-state index is 12.5. The molecule has 0 heterocycles. The highest BCUT2D eigenvalue weighted by molar-refractivity contribution is 6.31. The van der Waals surface area contributed by atoms with Crippen LogP contribution in [0, 0.1) is 23.2 Å². The van der Waals surface area contributed by atoms with E-state index in [4.69, 9.17) is 16.3 Å². The van der Waals surface area contributed by atoms with Crippen LogP contribution < -0.4 is 15.6 Å². The highest BCUT2D eigenvalue weighted by atomic mass is 35.5. The Hall–Kier alpha value is -1.75. The van der Waals surface area contributed by atoms with Gasteiger partial charge in [0, 0.05) is 11.4 Å². The van der Waals surface area contributed by atoms with Gasteiger partial charge in [-0.3, -0.25) is 20.4 Å². The fourth-order valence-corrected chi connectivity index (χ4v) is 6.11. The molecule has 0 saturated heterocycles. The number of halogens is 1. The number of hydrogen-bond acceptors (Lipinski definition) is 3. The van der Waals surface area contributed by atoms with E-state index in [0.717, 1.165) is 17.8 Å². The third-order valence-corrected chi connectivity index (χ3v) is 6.66. The summed E-state index contributed by atoms with van der Waals surface area (Å²) < 4.78 is 5.19. The van der Waals surface area contributed by atoms with Crippen LogP contribution in [0.5, 0.6) is 5.75 Å². The fraction of sp³-hybridized carbons (Fsp3) is 0.600. The number of hydrazine groups is 1. The monoisotopic (exact) mass is 376 g/mol. The first-order valence-corrected chi connectivity index (χ1v) is 9.77. The van der Waals surface area contributed by atoms with E-state index in [-0.39, 0.29) is 11.3 Å². The Morgan fingerprint density at radius 3 is 2.31 bits per heavy atom. The Balaban J connectivity index is 1.36. The topological polar surface area (TPSA) is 67.4 Å². The molecule has 0 atom stereocenters. The van der Waals surface area contributed by atoms with E-state index in [0.29, 0.717) is 22.8 Å². The van der Waals surface area contributed by atoms with Gasteiger partial charge in [-0.25, -0.2) is 0 Å². The van der Waals surface area contributed by atoms with Gasteiger partial charge < -0.3 is 4.74 Å². The number of amides is 2. The van der Waals surface area contributed by atoms with Crippen LogP contribution in [0.1, 0.15) is 55.3 Å². The van der Waals surface area contributed by atoms with Crippen molar-refractivity contribution >= 4 is 23.4 Å². The fourth-order valence-electron chi connectivity index (χ4n) is 5.94. The summed E-state index contributed by atoms with van der Waals surface area (Å²) in [5, 5.41) is 0.441. The third kappa shape index (κ3) is 3.41. The molecule has 2 N–H and O–H groups in total. The average molecular weight is 377 g/mol. The van der Waals surface area contributed by atoms with E-state index in [1.54, 1.807) is 12.1 Å². The van der Waals surface area contributed by atoms with Gasteiger partial charge in [0.1, 0.15) is 5.75 Å². The van der Waals surface area contributed by atoms with Crippen molar-refractivity contribution in [1.29, 1.82) is 0 Å². The van der Waals surface area contributed by atoms with Crippen LogP contribution in [-0.4, -0.2) is 18.9 Å². The van der Waals surface area contributed by atoms with Gasteiger partial charge in [-0.1, -0.05) is 11.6 Å². The summed E-state index contributed by atoms with van der Waals surface area (Å²) in [5.41, 5.74) is 5.55. The summed E-state index contributed by atoms with van der Waals surface area (Å²) in [6, 6.07) is 4.82. The molecule has 0 radical (unpaired) electrons. The maximum atomic E-state index is 12.5. The molecule has 4 aliphatic rings. The first-order valence-electron chi connectivity index (χ1n) is 9.39. The second-order valence-corrected chi connectivity index (χ2v) is 8.88. The van der Waals surface area contributed by atoms with Gasteiger partial charge in [0.05, 0.1) is 12.7 Å². The second-order valence-electron chi connectivity index (χ2n) is 8.44. The van der Waals surface area contributed by atoms with Crippen molar-refractivity contribution in [2.75, 3.05) is 7.11 Å². The van der Waals surface area contributed by atoms with Crippen molar-refractivity contribution < 1.29 is 14.3 Å². The van der Waals surface area contributed by atoms with Gasteiger partial charge in [-0.05, 0) is 79.9 Å². The van der Waals surface area contributed by atoms with E-state index in [1.165, 1.54) is 51.7 Å². The minimum Gasteiger partial charge on any atom is -0.496 e. The van der Waals surface area contributed by atoms with Crippen molar-refractivity contribution in [3.63, 3.8) is 0 Å². The van der Waals surface area contributed by atoms with Crippen LogP contribution in [0.25, 0.3) is 0 Å². The molecule has 4 fully saturated rings. The molecule has 4 aliphatic carbocycles. The van der Waals surface area contributed by atoms with Crippen molar-refractivity contribution in [3.8, 4) is 5.75 Å². The summed E-state index contributed by atoms with van der Waals surface area (Å²) in [5.74, 6) is 2.30. The Morgan fingerprint density at radius 2 is 1.73 bits per heavy atom. The Morgan fingerprint density at radius 1 is 1.12 bits per heavy atom. The van der Waals surface area contributed by atoms with Crippen molar-refractivity contribution in [2.24, 2.45) is 23.2 Å². The van der Waals surface area contributed by atoms with Gasteiger partial charge in [-0.15, -0.1) is 0 Å². The van der Waals surface area contributed by atoms with E-state index in [2.05, 4.69) is 10.9 Å². The minimum absolute atomic E-state index is 0.110. The Labute approximate surface area is 158 Å². The smallest absolute Gasteiger partial charge is 0.273 e. The highest BCUT2D eigenvalue weighted by Crippen LogP contribution is 2.61. The van der Waals surface area contributed by atoms with Gasteiger partial charge in [0.25, 0.3) is 5.91 Å². The quantitative estimate of drug-likeness (QED) is 0.787. The molecule has 0 unspecified atom stereocenters. The lowest BCUT2D eigenvalue weighted by atomic mass is 9.49. The van der Waals surface area contributed by atoms with E-state index >= 15 is 0 Å². The predicted octanol–water partition coefficient (Wildman–Crippen LogP) is 3.72. The zero-order chi connectivity index (χ0) is 18.3. The van der Waals surface area contributed by atoms with Crippen molar-refractivity contribution in [1.82, 2.24) is 10.9 Å². The largest absolute Gasteiger partial charge is 0.496 e. The first kappa shape index (κ1) is 17.7. The minimum atomic E-state index is -0.428. The van der Waals surface area contributed by atoms with E-state index in [9.17, 15) is 9.59 Å². The molecule has 0 spiro atoms. The molecule has 6 heteroatoms. The van der Waals surface area contributed by atoms with Gasteiger partial charge >= 0.3 is 0 Å². The lowest BCUT2D eigenvalue weighted by molar-refractivity contribution is -0.130. The van der Waals surface area contributed by atoms with Crippen molar-refractivity contribution in [3.05, 3.63) is 28.8 Å². The van der Waals surface area contributed by atoms with Crippen LogP contribution in [0.2, 0.25) is 5.02 Å². The van der Waals surface area contributed by atoms with Gasteiger partial charge in [0.15, 0.2) is 0 Å². The number of ether oxygens (including phenoxy) is 1. The first-order chi connectivity index (χ1) is 12.5. The lowest BCUT2D eigenvalue weighted by Gasteiger charge is -2.56. The number of carbonyl (C=O) groups excluding carboxylic acids is 2. The lowest BCUT2D eigenvalue weighted by Crippen LogP contribution is -2.50. The number of carbonyl (C=O) groups is 2. The number of hydrogen-bond donors (Lipinski definition) is 2. The van der Waals surface area contributed by atoms with Crippen molar-refractivity contribution in [2.45, 2.75) is 44.9 Å². The van der Waals surface area contributed by atoms with Crippen LogP contribution in [0.3, 0.4) is 0 Å². The van der Waals surface area contributed by atoms with E-state index in [1.807, 2.05) is 0 Å². The zero-order valence-corrected chi connectivity index (χ0v) is 15.8. The summed E-state index contributed by atoms with van der Waals surface area (Å²) in [4.78, 5) is 24.9. The summed E-state index contributed by atoms with van der Waals surface area (Å²) in [7, 11) is 1.49. The molecule has 4 saturated carbocycles. The molecular weight excluding hydrogens is 352 g/mol. The van der Waals surface area contributed by atoms with Crippen LogP contribution in [0.4, 0.5) is 0 Å². The maximum Gasteiger partial charge on any atom is 0.273 e. The van der Waals surface area contributed by atoms with Gasteiger partial charge in [0.2, 0.25) is 5.91 Å². The molecule has 0 aliphatic heterocycles. The molecule has 26 heavy (non-hydrogen) atoms. The standard InChI is InChI=1S/C20H25ClN2O3/c1-26-17-3-2-15(21)7-16(17)19(25)23-22-18(24)11-20-8-12-4-13(9-20)6-14(5-12)10-20/h2-3,7,12-14H,4-6,8-11H2,1H3,(H,22,24)(H,23,25). The van der Waals surface area contributed by atoms with Crippen LogP contribution in [0.15, 0.2) is 18.2 Å². The van der Waals surface area contributed by atoms with Gasteiger partial charge in [-0.2, -0.15) is 0 Å². The summed E-state index contributed by atoms with van der Waals surface area (Å²) in [6.07, 6.45) is 8.07. The third-order valence-electron chi connectivity index (χ3n) is 6.42. The van der Waals surface area contributed by atoms with Crippen LogP contribution >= 0.6 is 11.6 Å².